The lowest BCUT2D eigenvalue weighted by Crippen LogP contribution is -2.16. The number of benzene rings is 1. The molecule has 5 heteroatoms. The van der Waals surface area contributed by atoms with Gasteiger partial charge in [0.25, 0.3) is 11.6 Å². The van der Waals surface area contributed by atoms with Crippen LogP contribution in [0.2, 0.25) is 0 Å². The van der Waals surface area contributed by atoms with Crippen LogP contribution in [0.3, 0.4) is 0 Å². The summed E-state index contributed by atoms with van der Waals surface area (Å²) in [6.07, 6.45) is 3.41. The molecule has 0 aromatic heterocycles. The summed E-state index contributed by atoms with van der Waals surface area (Å²) in [6, 6.07) is 6.69. The van der Waals surface area contributed by atoms with Crippen molar-refractivity contribution in [2.75, 3.05) is 0 Å². The minimum absolute atomic E-state index is 0.00889. The van der Waals surface area contributed by atoms with E-state index in [2.05, 4.69) is 0 Å². The number of hydrogen-bond acceptors (Lipinski definition) is 3. The van der Waals surface area contributed by atoms with Crippen LogP contribution < -0.4 is 0 Å². The topological polar surface area (TPSA) is 63.2 Å². The standard InChI is InChI=1S/C12H12N2O3/c15-12(13-10-2-1-3-11(10)13)8-4-6-9(7-5-8)14(16)17/h4-7,10-11H,1-3H2/t10-,11-/m1/s1. The van der Waals surface area contributed by atoms with Gasteiger partial charge in [-0.15, -0.1) is 0 Å². The van der Waals surface area contributed by atoms with Crippen molar-refractivity contribution in [3.63, 3.8) is 0 Å². The fourth-order valence-corrected chi connectivity index (χ4v) is 2.71. The summed E-state index contributed by atoms with van der Waals surface area (Å²) in [7, 11) is 0. The Morgan fingerprint density at radius 1 is 1.24 bits per heavy atom. The molecule has 0 unspecified atom stereocenters. The van der Waals surface area contributed by atoms with Crippen LogP contribution in [0.15, 0.2) is 24.3 Å². The van der Waals surface area contributed by atoms with Gasteiger partial charge in [0.2, 0.25) is 0 Å². The second-order valence-electron chi connectivity index (χ2n) is 4.58. The van der Waals surface area contributed by atoms with Crippen molar-refractivity contribution in [1.82, 2.24) is 4.90 Å². The molecular formula is C12H12N2O3. The van der Waals surface area contributed by atoms with Crippen LogP contribution in [0.5, 0.6) is 0 Å². The van der Waals surface area contributed by atoms with Gasteiger partial charge in [0.1, 0.15) is 0 Å². The Balaban J connectivity index is 1.76. The van der Waals surface area contributed by atoms with E-state index in [1.807, 2.05) is 4.90 Å². The zero-order valence-corrected chi connectivity index (χ0v) is 9.20. The molecule has 17 heavy (non-hydrogen) atoms. The molecule has 1 amide bonds. The van der Waals surface area contributed by atoms with E-state index in [0.717, 1.165) is 12.8 Å². The number of amides is 1. The van der Waals surface area contributed by atoms with E-state index >= 15 is 0 Å². The van der Waals surface area contributed by atoms with E-state index in [0.29, 0.717) is 17.6 Å². The summed E-state index contributed by atoms with van der Waals surface area (Å²) in [5.74, 6) is 0.00889. The highest BCUT2D eigenvalue weighted by Crippen LogP contribution is 2.43. The third-order valence-electron chi connectivity index (χ3n) is 3.63. The molecule has 1 aliphatic heterocycles. The Kier molecular flexibility index (Phi) is 2.14. The minimum Gasteiger partial charge on any atom is -0.329 e. The first kappa shape index (κ1) is 10.3. The molecule has 1 saturated carbocycles. The smallest absolute Gasteiger partial charge is 0.269 e. The normalized spacial score (nSPS) is 25.5. The number of hydrogen-bond donors (Lipinski definition) is 0. The predicted molar refractivity (Wildman–Crippen MR) is 60.7 cm³/mol. The maximum atomic E-state index is 12.1. The quantitative estimate of drug-likeness (QED) is 0.445. The predicted octanol–water partition coefficient (Wildman–Crippen LogP) is 1.97. The fourth-order valence-electron chi connectivity index (χ4n) is 2.71. The van der Waals surface area contributed by atoms with Crippen molar-refractivity contribution in [3.05, 3.63) is 39.9 Å². The van der Waals surface area contributed by atoms with Crippen molar-refractivity contribution >= 4 is 11.6 Å². The zero-order valence-electron chi connectivity index (χ0n) is 9.20. The lowest BCUT2D eigenvalue weighted by atomic mass is 10.2. The second kappa shape index (κ2) is 3.55. The van der Waals surface area contributed by atoms with Gasteiger partial charge in [-0.05, 0) is 31.4 Å². The molecule has 88 valence electrons. The third kappa shape index (κ3) is 1.58. The number of carbonyl (C=O) groups is 1. The zero-order chi connectivity index (χ0) is 12.0. The van der Waals surface area contributed by atoms with Gasteiger partial charge in [-0.2, -0.15) is 0 Å². The molecule has 1 aromatic rings. The molecule has 0 radical (unpaired) electrons. The SMILES string of the molecule is O=C(c1ccc([N+](=O)[O-])cc1)N1[C@@H]2CCC[C@H]21. The first-order valence-corrected chi connectivity index (χ1v) is 5.75. The van der Waals surface area contributed by atoms with Crippen molar-refractivity contribution in [2.45, 2.75) is 31.3 Å². The first-order chi connectivity index (χ1) is 8.18. The molecule has 0 spiro atoms. The van der Waals surface area contributed by atoms with Crippen LogP contribution in [0.25, 0.3) is 0 Å². The van der Waals surface area contributed by atoms with Crippen LogP contribution in [0.1, 0.15) is 29.6 Å². The summed E-state index contributed by atoms with van der Waals surface area (Å²) in [4.78, 5) is 24.0. The van der Waals surface area contributed by atoms with Crippen LogP contribution in [-0.4, -0.2) is 27.8 Å². The first-order valence-electron chi connectivity index (χ1n) is 5.75. The van der Waals surface area contributed by atoms with Crippen LogP contribution in [0, 0.1) is 10.1 Å². The van der Waals surface area contributed by atoms with Crippen LogP contribution >= 0.6 is 0 Å². The number of fused-ring (bicyclic) bond motifs is 1. The molecule has 1 aliphatic carbocycles. The number of nitro groups is 1. The fraction of sp³-hybridized carbons (Fsp3) is 0.417. The van der Waals surface area contributed by atoms with E-state index in [4.69, 9.17) is 0 Å². The van der Waals surface area contributed by atoms with Crippen LogP contribution in [-0.2, 0) is 0 Å². The lowest BCUT2D eigenvalue weighted by Gasteiger charge is -2.07. The van der Waals surface area contributed by atoms with E-state index in [-0.39, 0.29) is 11.6 Å². The molecule has 0 N–H and O–H groups in total. The third-order valence-corrected chi connectivity index (χ3v) is 3.63. The Hall–Kier alpha value is -1.91. The van der Waals surface area contributed by atoms with E-state index in [1.54, 1.807) is 0 Å². The van der Waals surface area contributed by atoms with Gasteiger partial charge >= 0.3 is 0 Å². The van der Waals surface area contributed by atoms with Gasteiger partial charge in [-0.25, -0.2) is 0 Å². The Morgan fingerprint density at radius 3 is 2.35 bits per heavy atom. The lowest BCUT2D eigenvalue weighted by molar-refractivity contribution is -0.384. The second-order valence-corrected chi connectivity index (χ2v) is 4.58. The van der Waals surface area contributed by atoms with Gasteiger partial charge in [0.05, 0.1) is 17.0 Å². The maximum Gasteiger partial charge on any atom is 0.269 e. The number of carbonyl (C=O) groups excluding carboxylic acids is 1. The number of likely N-dealkylation sites (tertiary alicyclic amines) is 1. The van der Waals surface area contributed by atoms with E-state index in [1.165, 1.54) is 30.7 Å². The number of non-ortho nitro benzene ring substituents is 1. The van der Waals surface area contributed by atoms with Gasteiger partial charge in [0.15, 0.2) is 0 Å². The molecule has 1 heterocycles. The maximum absolute atomic E-state index is 12.1. The van der Waals surface area contributed by atoms with Crippen LogP contribution in [0.4, 0.5) is 5.69 Å². The number of nitrogens with zero attached hydrogens (tertiary/aromatic N) is 2. The molecule has 5 nitrogen and oxygen atoms in total. The summed E-state index contributed by atoms with van der Waals surface area (Å²) >= 11 is 0. The molecule has 0 bridgehead atoms. The molecule has 3 rings (SSSR count). The van der Waals surface area contributed by atoms with Gasteiger partial charge in [0, 0.05) is 17.7 Å². The number of piperidine rings is 1. The van der Waals surface area contributed by atoms with Gasteiger partial charge in [-0.1, -0.05) is 0 Å². The average Bonchev–Trinajstić information content (AvgIpc) is 2.81. The van der Waals surface area contributed by atoms with Crippen molar-refractivity contribution < 1.29 is 9.72 Å². The molecule has 2 aliphatic rings. The molecule has 2 atom stereocenters. The monoisotopic (exact) mass is 232 g/mol. The highest BCUT2D eigenvalue weighted by atomic mass is 16.6. The molecular weight excluding hydrogens is 220 g/mol. The summed E-state index contributed by atoms with van der Waals surface area (Å²) in [6.45, 7) is 0. The number of rotatable bonds is 2. The average molecular weight is 232 g/mol. The molecule has 2 fully saturated rings. The molecule has 1 aromatic carbocycles. The van der Waals surface area contributed by atoms with E-state index in [9.17, 15) is 14.9 Å². The largest absolute Gasteiger partial charge is 0.329 e. The van der Waals surface area contributed by atoms with Gasteiger partial charge < -0.3 is 4.90 Å². The van der Waals surface area contributed by atoms with Crippen molar-refractivity contribution in [1.29, 1.82) is 0 Å². The highest BCUT2D eigenvalue weighted by molar-refractivity contribution is 5.96. The Morgan fingerprint density at radius 2 is 1.82 bits per heavy atom. The Labute approximate surface area is 98.2 Å². The van der Waals surface area contributed by atoms with Gasteiger partial charge in [-0.3, -0.25) is 14.9 Å². The van der Waals surface area contributed by atoms with Crippen molar-refractivity contribution in [3.8, 4) is 0 Å². The summed E-state index contributed by atoms with van der Waals surface area (Å²) in [5, 5.41) is 10.5. The Bertz CT molecular complexity index is 473. The molecule has 1 saturated heterocycles. The minimum atomic E-state index is -0.458. The van der Waals surface area contributed by atoms with Crippen molar-refractivity contribution in [2.24, 2.45) is 0 Å². The summed E-state index contributed by atoms with van der Waals surface area (Å²) in [5.41, 5.74) is 0.567. The highest BCUT2D eigenvalue weighted by Gasteiger charge is 2.53. The number of nitro benzene ring substituents is 1. The summed E-state index contributed by atoms with van der Waals surface area (Å²) < 4.78 is 0. The van der Waals surface area contributed by atoms with E-state index < -0.39 is 4.92 Å².